The van der Waals surface area contributed by atoms with Crippen LogP contribution in [0.1, 0.15) is 81.1 Å². The lowest BCUT2D eigenvalue weighted by atomic mass is 9.50. The Morgan fingerprint density at radius 2 is 1.06 bits per heavy atom. The molecule has 53 heavy (non-hydrogen) atoms. The average molecular weight is 768 g/mol. The molecule has 4 bridgehead atoms. The van der Waals surface area contributed by atoms with Gasteiger partial charge in [-0.05, 0) is 133 Å². The Morgan fingerprint density at radius 3 is 1.49 bits per heavy atom. The number of hydrogen-bond acceptors (Lipinski definition) is 9. The third-order valence-corrected chi connectivity index (χ3v) is 17.1. The molecule has 4 fully saturated rings. The number of likely N-dealkylation sites (tertiary alicyclic amines) is 1. The average Bonchev–Trinajstić information content (AvgIpc) is 3.38. The van der Waals surface area contributed by atoms with Crippen LogP contribution >= 0.6 is 17.1 Å². The third-order valence-electron chi connectivity index (χ3n) is 12.9. The lowest BCUT2D eigenvalue weighted by Crippen LogP contribution is -2.49. The number of allylic oxidation sites excluding steroid dienone is 6. The van der Waals surface area contributed by atoms with Crippen LogP contribution in [0.15, 0.2) is 36.5 Å². The van der Waals surface area contributed by atoms with E-state index in [2.05, 4.69) is 118 Å². The summed E-state index contributed by atoms with van der Waals surface area (Å²) in [6.45, 7) is 23.5. The van der Waals surface area contributed by atoms with Gasteiger partial charge in [0.2, 0.25) is 0 Å². The predicted molar refractivity (Wildman–Crippen MR) is 214 cm³/mol. The zero-order valence-corrected chi connectivity index (χ0v) is 35.5. The highest BCUT2D eigenvalue weighted by molar-refractivity contribution is 7.44. The van der Waals surface area contributed by atoms with Crippen LogP contribution < -0.4 is 0 Å². The van der Waals surface area contributed by atoms with Gasteiger partial charge >= 0.3 is 0 Å². The molecule has 8 aliphatic rings. The molecule has 8 rings (SSSR count). The van der Waals surface area contributed by atoms with E-state index < -0.39 is 17.1 Å². The van der Waals surface area contributed by atoms with E-state index in [1.54, 1.807) is 0 Å². The van der Waals surface area contributed by atoms with Crippen molar-refractivity contribution >= 4 is 17.1 Å². The van der Waals surface area contributed by atoms with E-state index in [0.717, 1.165) is 91.3 Å². The van der Waals surface area contributed by atoms with Crippen molar-refractivity contribution in [3.8, 4) is 12.1 Å². The van der Waals surface area contributed by atoms with Crippen LogP contribution in [-0.4, -0.2) is 84.5 Å². The fourth-order valence-electron chi connectivity index (χ4n) is 10.8. The first-order chi connectivity index (χ1) is 25.5. The molecule has 0 N–H and O–H groups in total. The van der Waals surface area contributed by atoms with E-state index in [9.17, 15) is 0 Å². The first-order valence-corrected chi connectivity index (χ1v) is 23.0. The summed E-state index contributed by atoms with van der Waals surface area (Å²) >= 11 is 0. The minimum absolute atomic E-state index is 0.354. The van der Waals surface area contributed by atoms with Gasteiger partial charge in [-0.1, -0.05) is 36.5 Å². The highest BCUT2D eigenvalue weighted by Crippen LogP contribution is 2.67. The fraction of sp³-hybridized carbons (Fsp3) is 0.810. The van der Waals surface area contributed by atoms with Gasteiger partial charge in [0.1, 0.15) is 0 Å². The van der Waals surface area contributed by atoms with E-state index in [1.165, 1.54) is 19.5 Å². The maximum absolute atomic E-state index is 8.85. The van der Waals surface area contributed by atoms with Crippen LogP contribution in [0.25, 0.3) is 0 Å². The number of nitrogens with zero attached hydrogens (tertiary/aromatic N) is 5. The van der Waals surface area contributed by atoms with Crippen LogP contribution in [0, 0.1) is 87.8 Å². The Morgan fingerprint density at radius 1 is 0.623 bits per heavy atom. The summed E-state index contributed by atoms with van der Waals surface area (Å²) in [5, 5.41) is 17.6. The largest absolute Gasteiger partial charge is 0.322 e. The van der Waals surface area contributed by atoms with Gasteiger partial charge in [0.25, 0.3) is 17.1 Å². The second-order valence-electron chi connectivity index (χ2n) is 17.5. The van der Waals surface area contributed by atoms with Crippen molar-refractivity contribution in [1.82, 2.24) is 14.2 Å². The zero-order chi connectivity index (χ0) is 37.8. The molecule has 7 aliphatic carbocycles. The maximum atomic E-state index is 8.85. The quantitative estimate of drug-likeness (QED) is 0.0683. The summed E-state index contributed by atoms with van der Waals surface area (Å²) < 4.78 is 29.1. The Kier molecular flexibility index (Phi) is 14.7. The van der Waals surface area contributed by atoms with E-state index in [-0.39, 0.29) is 0 Å². The molecule has 0 spiro atoms. The molecule has 0 aromatic rings. The number of rotatable bonds is 20. The van der Waals surface area contributed by atoms with Crippen molar-refractivity contribution in [3.05, 3.63) is 36.5 Å². The van der Waals surface area contributed by atoms with E-state index in [4.69, 9.17) is 28.6 Å². The molecule has 1 saturated heterocycles. The number of nitriles is 2. The Labute approximate surface area is 324 Å². The lowest BCUT2D eigenvalue weighted by Gasteiger charge is -2.53. The first-order valence-electron chi connectivity index (χ1n) is 20.7. The molecule has 1 aliphatic heterocycles. The van der Waals surface area contributed by atoms with E-state index >= 15 is 0 Å². The minimum atomic E-state index is -1.11. The summed E-state index contributed by atoms with van der Waals surface area (Å²) in [4.78, 5) is 2.68. The Bertz CT molecular complexity index is 1310. The third kappa shape index (κ3) is 9.33. The highest BCUT2D eigenvalue weighted by atomic mass is 31.2. The molecule has 12 unspecified atom stereocenters. The van der Waals surface area contributed by atoms with Gasteiger partial charge in [-0.25, -0.2) is 9.34 Å². The maximum Gasteiger partial charge on any atom is 0.259 e. The molecule has 12 atom stereocenters. The second kappa shape index (κ2) is 18.8. The Balaban J connectivity index is 0.000000188. The van der Waals surface area contributed by atoms with Crippen molar-refractivity contribution in [2.24, 2.45) is 65.1 Å². The molecular weight excluding hydrogens is 700 g/mol. The highest BCUT2D eigenvalue weighted by Gasteiger charge is 2.63. The molecule has 9 nitrogen and oxygen atoms in total. The molecule has 0 aromatic heterocycles. The number of hydrogen-bond donors (Lipinski definition) is 0. The van der Waals surface area contributed by atoms with Crippen LogP contribution in [0.3, 0.4) is 0 Å². The predicted octanol–water partition coefficient (Wildman–Crippen LogP) is 9.18. The van der Waals surface area contributed by atoms with Crippen LogP contribution in [0.5, 0.6) is 0 Å². The van der Waals surface area contributed by atoms with Crippen LogP contribution in [0.2, 0.25) is 0 Å². The molecule has 0 aromatic carbocycles. The number of fused-ring (bicyclic) bond motifs is 5. The van der Waals surface area contributed by atoms with Gasteiger partial charge < -0.3 is 23.0 Å². The molecular formula is C42H67N5O4P2. The van der Waals surface area contributed by atoms with Gasteiger partial charge in [-0.3, -0.25) is 0 Å². The SMILES string of the molecule is CC(C)N(C(C)C)P(OCCC#N)OCC1C2C3C=CC(C3)C12.CC(C)N(C(C)C)P(OCCC#N)OCCCN1CC2C3C=CC(C4C=CC43)C2C1. The van der Waals surface area contributed by atoms with Crippen molar-refractivity contribution in [3.63, 3.8) is 0 Å². The van der Waals surface area contributed by atoms with E-state index in [0.29, 0.717) is 50.2 Å². The summed E-state index contributed by atoms with van der Waals surface area (Å²) in [6, 6.07) is 5.78. The molecule has 294 valence electrons. The first kappa shape index (κ1) is 41.4. The van der Waals surface area contributed by atoms with Gasteiger partial charge in [-0.2, -0.15) is 10.5 Å². The van der Waals surface area contributed by atoms with Crippen LogP contribution in [-0.2, 0) is 18.1 Å². The summed E-state index contributed by atoms with van der Waals surface area (Å²) in [5.41, 5.74) is 0. The molecule has 0 radical (unpaired) electrons. The van der Waals surface area contributed by atoms with Crippen molar-refractivity contribution < 1.29 is 18.1 Å². The van der Waals surface area contributed by atoms with Crippen LogP contribution in [0.4, 0.5) is 0 Å². The topological polar surface area (TPSA) is 94.2 Å². The lowest BCUT2D eigenvalue weighted by molar-refractivity contribution is 0.0672. The molecule has 3 saturated carbocycles. The molecule has 0 amide bonds. The Hall–Kier alpha value is -1.22. The summed E-state index contributed by atoms with van der Waals surface area (Å²) in [7, 11) is -2.19. The van der Waals surface area contributed by atoms with Gasteiger partial charge in [0.05, 0.1) is 51.4 Å². The van der Waals surface area contributed by atoms with Crippen molar-refractivity contribution in [2.75, 3.05) is 46.1 Å². The second-order valence-corrected chi connectivity index (χ2v) is 20.4. The van der Waals surface area contributed by atoms with Gasteiger partial charge in [-0.15, -0.1) is 0 Å². The normalized spacial score (nSPS) is 35.1. The van der Waals surface area contributed by atoms with Crippen molar-refractivity contribution in [1.29, 1.82) is 10.5 Å². The van der Waals surface area contributed by atoms with Gasteiger partial charge in [0, 0.05) is 43.8 Å². The molecule has 11 heteroatoms. The monoisotopic (exact) mass is 767 g/mol. The zero-order valence-electron chi connectivity index (χ0n) is 33.7. The smallest absolute Gasteiger partial charge is 0.259 e. The van der Waals surface area contributed by atoms with Gasteiger partial charge in [0.15, 0.2) is 0 Å². The van der Waals surface area contributed by atoms with E-state index in [1.807, 2.05) is 0 Å². The minimum Gasteiger partial charge on any atom is -0.322 e. The molecule has 1 heterocycles. The summed E-state index contributed by atoms with van der Waals surface area (Å²) in [6.07, 6.45) is 18.1. The fourth-order valence-corrected chi connectivity index (χ4v) is 14.1. The summed E-state index contributed by atoms with van der Waals surface area (Å²) in [5.74, 6) is 9.03. The standard InChI is InChI=1S/C24H38N3O2P.C18H29N2O2P/c1-17(2)27(18(3)4)30(28-13-5-11-25)29-14-6-12-26-15-23-21-9-10-22(24(23)16-26)20-8-7-19(20)21;1-12(2)20(13(3)4)23(21-9-5-8-19)22-11-16-17-14-6-7-15(10-14)18(16)17/h7-10,17-24H,5-6,12-16H2,1-4H3;6-7,12-18H,5,9-11H2,1-4H3. The van der Waals surface area contributed by atoms with Crippen molar-refractivity contribution in [2.45, 2.75) is 105 Å².